The minimum Gasteiger partial charge on any atom is -0.469 e. The molecule has 5 atom stereocenters. The number of fused-ring (bicyclic) bond motifs is 4. The molecule has 2 fully saturated rings. The molecule has 1 N–H and O–H groups in total. The Morgan fingerprint density at radius 2 is 2.29 bits per heavy atom. The van der Waals surface area contributed by atoms with Gasteiger partial charge in [0.1, 0.15) is 5.76 Å². The Kier molecular flexibility index (Phi) is 1.58. The number of aliphatic hydroxyl groups is 1. The Bertz CT molecular complexity index is 527. The quantitative estimate of drug-likeness (QED) is 0.695. The molecule has 1 heterocycles. The van der Waals surface area contributed by atoms with Gasteiger partial charge in [-0.15, -0.1) is 0 Å². The highest BCUT2D eigenvalue weighted by Crippen LogP contribution is 2.72. The highest BCUT2D eigenvalue weighted by atomic mass is 16.3. The lowest BCUT2D eigenvalue weighted by molar-refractivity contribution is 0.0272. The van der Waals surface area contributed by atoms with Crippen LogP contribution in [-0.2, 0) is 6.42 Å². The average molecular weight is 230 g/mol. The standard InChI is InChI=1S/C15H18O2/c1-7-6-17-11-5-15(3)10-4-9(10)8(2)13(15)14(16)12(7)11/h6,9-10,13-14,16H,2,4-5H2,1,3H3/t9-,10+,13+,14+,15+/m1/s1. The minimum absolute atomic E-state index is 0.179. The molecule has 17 heavy (non-hydrogen) atoms. The van der Waals surface area contributed by atoms with Gasteiger partial charge in [-0.1, -0.05) is 19.1 Å². The van der Waals surface area contributed by atoms with E-state index in [4.69, 9.17) is 4.42 Å². The van der Waals surface area contributed by atoms with E-state index in [2.05, 4.69) is 13.5 Å². The Balaban J connectivity index is 1.90. The molecule has 90 valence electrons. The molecular weight excluding hydrogens is 212 g/mol. The van der Waals surface area contributed by atoms with Crippen molar-refractivity contribution in [3.63, 3.8) is 0 Å². The zero-order valence-corrected chi connectivity index (χ0v) is 10.4. The largest absolute Gasteiger partial charge is 0.469 e. The van der Waals surface area contributed by atoms with Crippen molar-refractivity contribution in [2.75, 3.05) is 0 Å². The fourth-order valence-corrected chi connectivity index (χ4v) is 4.58. The van der Waals surface area contributed by atoms with Crippen LogP contribution in [0.2, 0.25) is 0 Å². The van der Waals surface area contributed by atoms with Gasteiger partial charge in [-0.3, -0.25) is 0 Å². The van der Waals surface area contributed by atoms with Crippen LogP contribution in [0.5, 0.6) is 0 Å². The lowest BCUT2D eigenvalue weighted by Crippen LogP contribution is -2.37. The summed E-state index contributed by atoms with van der Waals surface area (Å²) in [4.78, 5) is 0. The normalized spacial score (nSPS) is 46.4. The van der Waals surface area contributed by atoms with Gasteiger partial charge in [-0.05, 0) is 36.2 Å². The molecule has 1 aromatic rings. The molecule has 0 spiro atoms. The van der Waals surface area contributed by atoms with Gasteiger partial charge in [0.15, 0.2) is 0 Å². The molecule has 2 nitrogen and oxygen atoms in total. The molecule has 4 rings (SSSR count). The van der Waals surface area contributed by atoms with Crippen molar-refractivity contribution in [3.05, 3.63) is 35.3 Å². The third kappa shape index (κ3) is 0.971. The van der Waals surface area contributed by atoms with Gasteiger partial charge in [-0.2, -0.15) is 0 Å². The maximum absolute atomic E-state index is 10.7. The minimum atomic E-state index is -0.400. The van der Waals surface area contributed by atoms with Crippen molar-refractivity contribution in [2.45, 2.75) is 32.8 Å². The van der Waals surface area contributed by atoms with Crippen LogP contribution in [0.1, 0.15) is 36.3 Å². The third-order valence-electron chi connectivity index (χ3n) is 5.48. The molecule has 0 saturated heterocycles. The van der Waals surface area contributed by atoms with Crippen molar-refractivity contribution >= 4 is 0 Å². The molecule has 3 aliphatic rings. The van der Waals surface area contributed by atoms with E-state index in [9.17, 15) is 5.11 Å². The first kappa shape index (κ1) is 9.95. The molecule has 0 aliphatic heterocycles. The van der Waals surface area contributed by atoms with Crippen molar-refractivity contribution in [2.24, 2.45) is 23.2 Å². The Morgan fingerprint density at radius 3 is 3.06 bits per heavy atom. The summed E-state index contributed by atoms with van der Waals surface area (Å²) in [6, 6.07) is 0. The summed E-state index contributed by atoms with van der Waals surface area (Å²) in [7, 11) is 0. The van der Waals surface area contributed by atoms with Crippen LogP contribution in [0.15, 0.2) is 22.8 Å². The first-order valence-electron chi connectivity index (χ1n) is 6.47. The predicted molar refractivity (Wildman–Crippen MR) is 64.4 cm³/mol. The van der Waals surface area contributed by atoms with Crippen LogP contribution in [0.25, 0.3) is 0 Å². The third-order valence-corrected chi connectivity index (χ3v) is 5.48. The Labute approximate surface area is 101 Å². The molecule has 1 aromatic heterocycles. The van der Waals surface area contributed by atoms with Crippen LogP contribution in [0, 0.1) is 30.1 Å². The van der Waals surface area contributed by atoms with E-state index >= 15 is 0 Å². The molecular formula is C15H18O2. The Morgan fingerprint density at radius 1 is 1.53 bits per heavy atom. The SMILES string of the molecule is C=C1[C@H]2C[C@@H]2[C@]2(C)Cc3occ(C)c3[C@H](O)[C@H]12. The molecule has 0 radical (unpaired) electrons. The number of hydrogen-bond acceptors (Lipinski definition) is 2. The van der Waals surface area contributed by atoms with Gasteiger partial charge in [0.05, 0.1) is 12.4 Å². The van der Waals surface area contributed by atoms with Gasteiger partial charge < -0.3 is 9.52 Å². The summed E-state index contributed by atoms with van der Waals surface area (Å²) >= 11 is 0. The first-order valence-corrected chi connectivity index (χ1v) is 6.47. The maximum atomic E-state index is 10.7. The van der Waals surface area contributed by atoms with Crippen molar-refractivity contribution < 1.29 is 9.52 Å². The average Bonchev–Trinajstić information content (AvgIpc) is 2.94. The van der Waals surface area contributed by atoms with Crippen molar-refractivity contribution in [3.8, 4) is 0 Å². The topological polar surface area (TPSA) is 33.4 Å². The highest BCUT2D eigenvalue weighted by molar-refractivity contribution is 5.42. The van der Waals surface area contributed by atoms with Crippen molar-refractivity contribution in [1.29, 1.82) is 0 Å². The molecule has 0 amide bonds. The second-order valence-electron chi connectivity index (χ2n) is 6.38. The second-order valence-corrected chi connectivity index (χ2v) is 6.38. The lowest BCUT2D eigenvalue weighted by Gasteiger charge is -2.41. The number of hydrogen-bond donors (Lipinski definition) is 1. The van der Waals surface area contributed by atoms with Crippen LogP contribution in [0.4, 0.5) is 0 Å². The van der Waals surface area contributed by atoms with Crippen LogP contribution >= 0.6 is 0 Å². The summed E-state index contributed by atoms with van der Waals surface area (Å²) in [6.45, 7) is 8.58. The first-order chi connectivity index (χ1) is 8.04. The number of rotatable bonds is 0. The van der Waals surface area contributed by atoms with Gasteiger partial charge in [-0.25, -0.2) is 0 Å². The number of furan rings is 1. The van der Waals surface area contributed by atoms with E-state index in [0.717, 1.165) is 29.2 Å². The summed E-state index contributed by atoms with van der Waals surface area (Å²) in [6.07, 6.45) is 3.62. The molecule has 0 bridgehead atoms. The summed E-state index contributed by atoms with van der Waals surface area (Å²) in [5.41, 5.74) is 3.59. The van der Waals surface area contributed by atoms with E-state index < -0.39 is 6.10 Å². The maximum Gasteiger partial charge on any atom is 0.110 e. The molecule has 2 heteroatoms. The lowest BCUT2D eigenvalue weighted by atomic mass is 9.64. The van der Waals surface area contributed by atoms with Gasteiger partial charge in [0, 0.05) is 17.9 Å². The monoisotopic (exact) mass is 230 g/mol. The van der Waals surface area contributed by atoms with E-state index in [0.29, 0.717) is 5.92 Å². The summed E-state index contributed by atoms with van der Waals surface area (Å²) in [5.74, 6) is 2.65. The number of aryl methyl sites for hydroxylation is 1. The van der Waals surface area contributed by atoms with Crippen LogP contribution in [0.3, 0.4) is 0 Å². The Hall–Kier alpha value is -1.02. The summed E-state index contributed by atoms with van der Waals surface area (Å²) in [5, 5.41) is 10.7. The van der Waals surface area contributed by atoms with E-state index in [1.54, 1.807) is 6.26 Å². The fourth-order valence-electron chi connectivity index (χ4n) is 4.58. The van der Waals surface area contributed by atoms with E-state index in [1.807, 2.05) is 6.92 Å². The smallest absolute Gasteiger partial charge is 0.110 e. The molecule has 0 aromatic carbocycles. The molecule has 0 unspecified atom stereocenters. The zero-order chi connectivity index (χ0) is 11.9. The van der Waals surface area contributed by atoms with E-state index in [-0.39, 0.29) is 11.3 Å². The predicted octanol–water partition coefficient (Wildman–Crippen LogP) is 3.01. The fraction of sp³-hybridized carbons (Fsp3) is 0.600. The zero-order valence-electron chi connectivity index (χ0n) is 10.4. The molecule has 3 aliphatic carbocycles. The second kappa shape index (κ2) is 2.69. The van der Waals surface area contributed by atoms with Gasteiger partial charge >= 0.3 is 0 Å². The number of aliphatic hydroxyl groups excluding tert-OH is 1. The highest BCUT2D eigenvalue weighted by Gasteiger charge is 2.66. The summed E-state index contributed by atoms with van der Waals surface area (Å²) < 4.78 is 5.64. The van der Waals surface area contributed by atoms with Gasteiger partial charge in [0.25, 0.3) is 0 Å². The molecule has 2 saturated carbocycles. The van der Waals surface area contributed by atoms with Crippen LogP contribution < -0.4 is 0 Å². The van der Waals surface area contributed by atoms with Gasteiger partial charge in [0.2, 0.25) is 0 Å². The van der Waals surface area contributed by atoms with Crippen molar-refractivity contribution in [1.82, 2.24) is 0 Å². The van der Waals surface area contributed by atoms with E-state index in [1.165, 1.54) is 12.0 Å². The van der Waals surface area contributed by atoms with Crippen LogP contribution in [-0.4, -0.2) is 5.11 Å².